The quantitative estimate of drug-likeness (QED) is 0.334. The van der Waals surface area contributed by atoms with Gasteiger partial charge in [0.25, 0.3) is 0 Å². The lowest BCUT2D eigenvalue weighted by molar-refractivity contribution is -0.384. The highest BCUT2D eigenvalue weighted by molar-refractivity contribution is 6.31. The summed E-state index contributed by atoms with van der Waals surface area (Å²) in [7, 11) is 0. The second-order valence-electron chi connectivity index (χ2n) is 9.81. The summed E-state index contributed by atoms with van der Waals surface area (Å²) in [6.07, 6.45) is 10.9. The number of nitrogens with one attached hydrogen (secondary N) is 2. The molecule has 160 valence electrons. The van der Waals surface area contributed by atoms with Gasteiger partial charge in [-0.15, -0.1) is 0 Å². The van der Waals surface area contributed by atoms with Crippen molar-refractivity contribution >= 4 is 33.9 Å². The predicted molar refractivity (Wildman–Crippen MR) is 120 cm³/mol. The topological polar surface area (TPSA) is 80.1 Å². The standard InChI is InChI=1S/C23H29ClN4O2/c24-18-2-3-19-20(9-18)27-13-21(28(29)30)22(19)26-5-1-4-25-14-23-10-15-6-16(11-23)8-17(7-15)12-23/h2-3,9,13,15-17,25H,1,4-8,10-12,14H2,(H,26,27). The number of pyridine rings is 1. The van der Waals surface area contributed by atoms with Crippen LogP contribution in [0.15, 0.2) is 24.4 Å². The highest BCUT2D eigenvalue weighted by atomic mass is 35.5. The van der Waals surface area contributed by atoms with E-state index in [1.807, 2.05) is 0 Å². The normalized spacial score (nSPS) is 29.4. The Morgan fingerprint density at radius 1 is 1.13 bits per heavy atom. The first-order valence-corrected chi connectivity index (χ1v) is 11.6. The van der Waals surface area contributed by atoms with E-state index in [1.165, 1.54) is 44.7 Å². The summed E-state index contributed by atoms with van der Waals surface area (Å²) < 4.78 is 0. The average Bonchev–Trinajstić information content (AvgIpc) is 2.69. The zero-order valence-corrected chi connectivity index (χ0v) is 18.0. The fourth-order valence-corrected chi connectivity index (χ4v) is 6.93. The van der Waals surface area contributed by atoms with E-state index >= 15 is 0 Å². The number of aromatic nitrogens is 1. The van der Waals surface area contributed by atoms with Crippen molar-refractivity contribution in [2.75, 3.05) is 25.0 Å². The van der Waals surface area contributed by atoms with Crippen molar-refractivity contribution in [3.05, 3.63) is 39.5 Å². The lowest BCUT2D eigenvalue weighted by Crippen LogP contribution is -2.50. The Morgan fingerprint density at radius 3 is 2.50 bits per heavy atom. The van der Waals surface area contributed by atoms with Crippen LogP contribution in [0.1, 0.15) is 44.9 Å². The second kappa shape index (κ2) is 7.97. The number of halogens is 1. The smallest absolute Gasteiger partial charge is 0.311 e. The van der Waals surface area contributed by atoms with Crippen LogP contribution in [0.2, 0.25) is 5.02 Å². The number of anilines is 1. The first-order valence-electron chi connectivity index (χ1n) is 11.2. The first-order chi connectivity index (χ1) is 14.5. The number of nitrogens with zero attached hydrogens (tertiary/aromatic N) is 2. The molecule has 1 heterocycles. The van der Waals surface area contributed by atoms with Gasteiger partial charge >= 0.3 is 5.69 Å². The summed E-state index contributed by atoms with van der Waals surface area (Å²) in [6, 6.07) is 5.28. The molecule has 2 N–H and O–H groups in total. The fourth-order valence-electron chi connectivity index (χ4n) is 6.77. The molecule has 4 aliphatic rings. The molecule has 1 aromatic heterocycles. The molecule has 0 aliphatic heterocycles. The molecule has 4 aliphatic carbocycles. The molecule has 0 spiro atoms. The maximum atomic E-state index is 11.5. The number of nitro groups is 1. The maximum absolute atomic E-state index is 11.5. The Kier molecular flexibility index (Phi) is 5.31. The zero-order chi connectivity index (χ0) is 20.7. The van der Waals surface area contributed by atoms with E-state index in [9.17, 15) is 10.1 Å². The molecule has 7 heteroatoms. The van der Waals surface area contributed by atoms with Gasteiger partial charge in [0.05, 0.1) is 10.4 Å². The van der Waals surface area contributed by atoms with Crippen molar-refractivity contribution in [2.24, 2.45) is 23.2 Å². The molecule has 6 nitrogen and oxygen atoms in total. The van der Waals surface area contributed by atoms with Crippen LogP contribution >= 0.6 is 11.6 Å². The van der Waals surface area contributed by atoms with E-state index in [2.05, 4.69) is 15.6 Å². The molecule has 1 aromatic carbocycles. The molecule has 0 amide bonds. The van der Waals surface area contributed by atoms with Gasteiger partial charge < -0.3 is 10.6 Å². The van der Waals surface area contributed by atoms with Gasteiger partial charge in [0.1, 0.15) is 11.9 Å². The van der Waals surface area contributed by atoms with Crippen LogP contribution in [0.25, 0.3) is 10.9 Å². The first kappa shape index (κ1) is 20.0. The molecular formula is C23H29ClN4O2. The van der Waals surface area contributed by atoms with Crippen molar-refractivity contribution in [1.29, 1.82) is 0 Å². The molecular weight excluding hydrogens is 400 g/mol. The molecule has 6 rings (SSSR count). The molecule has 30 heavy (non-hydrogen) atoms. The van der Waals surface area contributed by atoms with Gasteiger partial charge in [-0.1, -0.05) is 11.6 Å². The third kappa shape index (κ3) is 3.87. The van der Waals surface area contributed by atoms with E-state index in [4.69, 9.17) is 11.6 Å². The lowest BCUT2D eigenvalue weighted by atomic mass is 9.49. The van der Waals surface area contributed by atoms with Crippen molar-refractivity contribution in [3.8, 4) is 0 Å². The van der Waals surface area contributed by atoms with Crippen molar-refractivity contribution in [2.45, 2.75) is 44.9 Å². The number of fused-ring (bicyclic) bond motifs is 1. The van der Waals surface area contributed by atoms with E-state index in [0.717, 1.165) is 42.7 Å². The van der Waals surface area contributed by atoms with Gasteiger partial charge in [0.2, 0.25) is 0 Å². The van der Waals surface area contributed by atoms with Gasteiger partial charge in [-0.3, -0.25) is 10.1 Å². The summed E-state index contributed by atoms with van der Waals surface area (Å²) in [6.45, 7) is 2.74. The SMILES string of the molecule is O=[N+]([O-])c1cnc2cc(Cl)ccc2c1NCCCNCC12CC3CC(CC(C3)C1)C2. The van der Waals surface area contributed by atoms with Gasteiger partial charge in [-0.05, 0) is 92.9 Å². The minimum absolute atomic E-state index is 0.00588. The van der Waals surface area contributed by atoms with Crippen LogP contribution in [-0.4, -0.2) is 29.5 Å². The Hall–Kier alpha value is -1.92. The summed E-state index contributed by atoms with van der Waals surface area (Å²) in [5, 5.41) is 19.8. The van der Waals surface area contributed by atoms with Crippen molar-refractivity contribution < 1.29 is 4.92 Å². The van der Waals surface area contributed by atoms with Crippen molar-refractivity contribution in [3.63, 3.8) is 0 Å². The van der Waals surface area contributed by atoms with Crippen LogP contribution in [0.4, 0.5) is 11.4 Å². The zero-order valence-electron chi connectivity index (χ0n) is 17.2. The molecule has 4 fully saturated rings. The van der Waals surface area contributed by atoms with Gasteiger partial charge in [-0.25, -0.2) is 4.98 Å². The van der Waals surface area contributed by atoms with E-state index in [1.54, 1.807) is 18.2 Å². The lowest BCUT2D eigenvalue weighted by Gasteiger charge is -2.57. The predicted octanol–water partition coefficient (Wildman–Crippen LogP) is 5.40. The Balaban J connectivity index is 1.16. The van der Waals surface area contributed by atoms with Crippen LogP contribution < -0.4 is 10.6 Å². The summed E-state index contributed by atoms with van der Waals surface area (Å²) in [4.78, 5) is 15.3. The minimum Gasteiger partial charge on any atom is -0.379 e. The minimum atomic E-state index is -0.380. The summed E-state index contributed by atoms with van der Waals surface area (Å²) in [5.41, 5.74) is 1.74. The van der Waals surface area contributed by atoms with Gasteiger partial charge in [-0.2, -0.15) is 0 Å². The van der Waals surface area contributed by atoms with Gasteiger partial charge in [0, 0.05) is 23.5 Å². The van der Waals surface area contributed by atoms with E-state index < -0.39 is 0 Å². The van der Waals surface area contributed by atoms with Crippen LogP contribution in [0, 0.1) is 33.3 Å². The monoisotopic (exact) mass is 428 g/mol. The highest BCUT2D eigenvalue weighted by Crippen LogP contribution is 2.59. The van der Waals surface area contributed by atoms with Crippen LogP contribution in [0.5, 0.6) is 0 Å². The number of hydrogen-bond acceptors (Lipinski definition) is 5. The fraction of sp³-hybridized carbons (Fsp3) is 0.609. The summed E-state index contributed by atoms with van der Waals surface area (Å²) >= 11 is 6.04. The molecule has 4 bridgehead atoms. The molecule has 0 radical (unpaired) electrons. The second-order valence-corrected chi connectivity index (χ2v) is 10.2. The summed E-state index contributed by atoms with van der Waals surface area (Å²) in [5.74, 6) is 2.94. The van der Waals surface area contributed by atoms with E-state index in [0.29, 0.717) is 28.2 Å². The van der Waals surface area contributed by atoms with E-state index in [-0.39, 0.29) is 10.6 Å². The number of benzene rings is 1. The molecule has 2 aromatic rings. The van der Waals surface area contributed by atoms with Crippen molar-refractivity contribution in [1.82, 2.24) is 10.3 Å². The van der Waals surface area contributed by atoms with Crippen LogP contribution in [-0.2, 0) is 0 Å². The number of hydrogen-bond donors (Lipinski definition) is 2. The Labute approximate surface area is 181 Å². The van der Waals surface area contributed by atoms with Gasteiger partial charge in [0.15, 0.2) is 0 Å². The third-order valence-electron chi connectivity index (χ3n) is 7.51. The molecule has 4 saturated carbocycles. The Bertz CT molecular complexity index is 928. The van der Waals surface area contributed by atoms with Crippen LogP contribution in [0.3, 0.4) is 0 Å². The Morgan fingerprint density at radius 2 is 1.83 bits per heavy atom. The number of rotatable bonds is 8. The highest BCUT2D eigenvalue weighted by Gasteiger charge is 2.50. The molecule has 0 atom stereocenters. The molecule has 0 unspecified atom stereocenters. The largest absolute Gasteiger partial charge is 0.379 e. The molecule has 0 saturated heterocycles. The third-order valence-corrected chi connectivity index (χ3v) is 7.74. The average molecular weight is 429 g/mol. The maximum Gasteiger partial charge on any atom is 0.311 e.